The Morgan fingerprint density at radius 1 is 1.54 bits per heavy atom. The van der Waals surface area contributed by atoms with Crippen LogP contribution in [0.25, 0.3) is 0 Å². The van der Waals surface area contributed by atoms with Gasteiger partial charge in [-0.1, -0.05) is 6.07 Å². The zero-order valence-corrected chi connectivity index (χ0v) is 6.74. The normalized spacial score (nSPS) is 9.92. The average molecular weight is 185 g/mol. The van der Waals surface area contributed by atoms with Crippen LogP contribution in [0.15, 0.2) is 18.2 Å². The minimum absolute atomic E-state index is 0.0408. The monoisotopic (exact) mass is 185 g/mol. The number of phenols is 1. The summed E-state index contributed by atoms with van der Waals surface area (Å²) < 4.78 is 12.9. The molecule has 0 unspecified atom stereocenters. The summed E-state index contributed by atoms with van der Waals surface area (Å²) in [6.07, 6.45) is 0.0408. The summed E-state index contributed by atoms with van der Waals surface area (Å²) in [6, 6.07) is 3.59. The third kappa shape index (κ3) is 2.70. The van der Waals surface area contributed by atoms with Crippen molar-refractivity contribution in [2.24, 2.45) is 0 Å². The highest BCUT2D eigenvalue weighted by molar-refractivity contribution is 5.27. The smallest absolute Gasteiger partial charge is 0.208 e. The van der Waals surface area contributed by atoms with E-state index in [-0.39, 0.29) is 24.3 Å². The summed E-state index contributed by atoms with van der Waals surface area (Å²) >= 11 is 0. The van der Waals surface area contributed by atoms with E-state index < -0.39 is 10.7 Å². The molecule has 0 fully saturated rings. The molecule has 1 aromatic carbocycles. The fourth-order valence-corrected chi connectivity index (χ4v) is 0.951. The summed E-state index contributed by atoms with van der Waals surface area (Å²) in [5.74, 6) is -0.788. The van der Waals surface area contributed by atoms with Crippen molar-refractivity contribution in [1.82, 2.24) is 0 Å². The number of aromatic hydroxyl groups is 1. The van der Waals surface area contributed by atoms with Gasteiger partial charge in [-0.15, -0.1) is 0 Å². The van der Waals surface area contributed by atoms with E-state index in [2.05, 4.69) is 0 Å². The second-order valence-electron chi connectivity index (χ2n) is 2.58. The van der Waals surface area contributed by atoms with E-state index in [1.54, 1.807) is 0 Å². The van der Waals surface area contributed by atoms with E-state index >= 15 is 0 Å². The average Bonchev–Trinajstić information content (AvgIpc) is 2.02. The number of nitrogens with zero attached hydrogens (tertiary/aromatic N) is 1. The molecular weight excluding hydrogens is 177 g/mol. The fourth-order valence-electron chi connectivity index (χ4n) is 0.951. The molecule has 0 aliphatic carbocycles. The molecule has 4 nitrogen and oxygen atoms in total. The number of phenolic OH excluding ortho intramolecular Hbond substituents is 1. The van der Waals surface area contributed by atoms with E-state index in [0.29, 0.717) is 0 Å². The Morgan fingerprint density at radius 3 is 2.77 bits per heavy atom. The standard InChI is InChI=1S/C8H8FNO3/c9-8-5-7(11)2-1-6(8)3-4-10(12)13/h1-2,5,11H,3-4H2. The SMILES string of the molecule is O=[N+]([O-])CCc1ccc(O)cc1F. The summed E-state index contributed by atoms with van der Waals surface area (Å²) in [6.45, 7) is -0.304. The molecule has 0 aliphatic rings. The highest BCUT2D eigenvalue weighted by Crippen LogP contribution is 2.15. The first-order chi connectivity index (χ1) is 6.09. The van der Waals surface area contributed by atoms with Crippen LogP contribution in [0.2, 0.25) is 0 Å². The minimum atomic E-state index is -0.609. The van der Waals surface area contributed by atoms with E-state index in [1.165, 1.54) is 12.1 Å². The zero-order valence-electron chi connectivity index (χ0n) is 6.74. The van der Waals surface area contributed by atoms with Crippen LogP contribution in [-0.4, -0.2) is 16.6 Å². The van der Waals surface area contributed by atoms with Crippen molar-refractivity contribution in [2.45, 2.75) is 6.42 Å². The Kier molecular flexibility index (Phi) is 2.79. The van der Waals surface area contributed by atoms with Crippen LogP contribution in [0, 0.1) is 15.9 Å². The molecule has 0 aliphatic heterocycles. The van der Waals surface area contributed by atoms with Gasteiger partial charge in [0.1, 0.15) is 11.6 Å². The number of benzene rings is 1. The highest BCUT2D eigenvalue weighted by Gasteiger charge is 2.06. The molecule has 0 aromatic heterocycles. The van der Waals surface area contributed by atoms with Crippen molar-refractivity contribution in [2.75, 3.05) is 6.54 Å². The van der Waals surface area contributed by atoms with Gasteiger partial charge in [0.25, 0.3) is 0 Å². The topological polar surface area (TPSA) is 63.4 Å². The Labute approximate surface area is 73.8 Å². The van der Waals surface area contributed by atoms with E-state index in [9.17, 15) is 14.5 Å². The number of rotatable bonds is 3. The van der Waals surface area contributed by atoms with Crippen LogP contribution < -0.4 is 0 Å². The number of hydrogen-bond donors (Lipinski definition) is 1. The molecule has 1 aromatic rings. The molecule has 0 amide bonds. The van der Waals surface area contributed by atoms with Crippen molar-refractivity contribution in [3.8, 4) is 5.75 Å². The molecule has 0 saturated heterocycles. The second kappa shape index (κ2) is 3.84. The molecule has 0 saturated carbocycles. The lowest BCUT2D eigenvalue weighted by Crippen LogP contribution is -2.05. The van der Waals surface area contributed by atoms with Gasteiger partial charge in [-0.2, -0.15) is 0 Å². The van der Waals surface area contributed by atoms with Crippen LogP contribution in [0.3, 0.4) is 0 Å². The first-order valence-electron chi connectivity index (χ1n) is 3.69. The molecule has 1 rings (SSSR count). The molecule has 0 spiro atoms. The Morgan fingerprint density at radius 2 is 2.23 bits per heavy atom. The van der Waals surface area contributed by atoms with Crippen molar-refractivity contribution < 1.29 is 14.4 Å². The molecule has 13 heavy (non-hydrogen) atoms. The van der Waals surface area contributed by atoms with E-state index in [1.807, 2.05) is 0 Å². The van der Waals surface area contributed by atoms with Crippen molar-refractivity contribution >= 4 is 0 Å². The van der Waals surface area contributed by atoms with E-state index in [0.717, 1.165) is 6.07 Å². The van der Waals surface area contributed by atoms with Crippen LogP contribution >= 0.6 is 0 Å². The van der Waals surface area contributed by atoms with Gasteiger partial charge in [0, 0.05) is 17.4 Å². The summed E-state index contributed by atoms with van der Waals surface area (Å²) in [5, 5.41) is 18.8. The van der Waals surface area contributed by atoms with Crippen LogP contribution in [-0.2, 0) is 6.42 Å². The van der Waals surface area contributed by atoms with Gasteiger partial charge in [0.2, 0.25) is 6.54 Å². The maximum Gasteiger partial charge on any atom is 0.208 e. The van der Waals surface area contributed by atoms with Gasteiger partial charge in [-0.3, -0.25) is 10.1 Å². The highest BCUT2D eigenvalue weighted by atomic mass is 19.1. The fraction of sp³-hybridized carbons (Fsp3) is 0.250. The van der Waals surface area contributed by atoms with Crippen molar-refractivity contribution in [1.29, 1.82) is 0 Å². The molecular formula is C8H8FNO3. The van der Waals surface area contributed by atoms with Crippen molar-refractivity contribution in [3.05, 3.63) is 39.7 Å². The van der Waals surface area contributed by atoms with Crippen LogP contribution in [0.4, 0.5) is 4.39 Å². The maximum atomic E-state index is 12.9. The van der Waals surface area contributed by atoms with Gasteiger partial charge >= 0.3 is 0 Å². The predicted molar refractivity (Wildman–Crippen MR) is 43.6 cm³/mol. The summed E-state index contributed by atoms with van der Waals surface area (Å²) in [7, 11) is 0. The molecule has 5 heteroatoms. The van der Waals surface area contributed by atoms with Gasteiger partial charge in [-0.05, 0) is 11.6 Å². The molecule has 1 N–H and O–H groups in total. The Hall–Kier alpha value is -1.65. The number of hydrogen-bond acceptors (Lipinski definition) is 3. The molecule has 0 radical (unpaired) electrons. The van der Waals surface area contributed by atoms with Gasteiger partial charge in [0.05, 0.1) is 0 Å². The van der Waals surface area contributed by atoms with E-state index in [4.69, 9.17) is 5.11 Å². The quantitative estimate of drug-likeness (QED) is 0.571. The van der Waals surface area contributed by atoms with Crippen molar-refractivity contribution in [3.63, 3.8) is 0 Å². The lowest BCUT2D eigenvalue weighted by atomic mass is 10.1. The molecule has 0 heterocycles. The third-order valence-electron chi connectivity index (χ3n) is 1.60. The first kappa shape index (κ1) is 9.44. The number of nitro groups is 1. The second-order valence-corrected chi connectivity index (χ2v) is 2.58. The molecule has 0 bridgehead atoms. The summed E-state index contributed by atoms with van der Waals surface area (Å²) in [5.41, 5.74) is 0.245. The Bertz CT molecular complexity index is 327. The van der Waals surface area contributed by atoms with Gasteiger partial charge < -0.3 is 5.11 Å². The van der Waals surface area contributed by atoms with Crippen LogP contribution in [0.1, 0.15) is 5.56 Å². The Balaban J connectivity index is 2.72. The third-order valence-corrected chi connectivity index (χ3v) is 1.60. The molecule has 0 atom stereocenters. The predicted octanol–water partition coefficient (Wildman–Crippen LogP) is 1.35. The largest absolute Gasteiger partial charge is 0.508 e. The van der Waals surface area contributed by atoms with Gasteiger partial charge in [-0.25, -0.2) is 4.39 Å². The summed E-state index contributed by atoms with van der Waals surface area (Å²) in [4.78, 5) is 9.48. The minimum Gasteiger partial charge on any atom is -0.508 e. The zero-order chi connectivity index (χ0) is 9.84. The first-order valence-corrected chi connectivity index (χ1v) is 3.69. The lowest BCUT2D eigenvalue weighted by molar-refractivity contribution is -0.479. The van der Waals surface area contributed by atoms with Crippen LogP contribution in [0.5, 0.6) is 5.75 Å². The number of halogens is 1. The van der Waals surface area contributed by atoms with Gasteiger partial charge in [0.15, 0.2) is 0 Å². The molecule has 70 valence electrons. The maximum absolute atomic E-state index is 12.9. The lowest BCUT2D eigenvalue weighted by Gasteiger charge is -1.99.